The lowest BCUT2D eigenvalue weighted by molar-refractivity contribution is 0.425. The summed E-state index contributed by atoms with van der Waals surface area (Å²) in [4.78, 5) is 4.40. The molecule has 1 aromatic carbocycles. The van der Waals surface area contributed by atoms with Crippen molar-refractivity contribution in [3.8, 4) is 11.5 Å². The average molecular weight is 342 g/mol. The fourth-order valence-corrected chi connectivity index (χ4v) is 2.67. The van der Waals surface area contributed by atoms with E-state index in [0.717, 1.165) is 28.0 Å². The van der Waals surface area contributed by atoms with Crippen molar-refractivity contribution >= 4 is 33.4 Å². The predicted octanol–water partition coefficient (Wildman–Crippen LogP) is 4.11. The van der Waals surface area contributed by atoms with E-state index in [2.05, 4.69) is 39.9 Å². The largest absolute Gasteiger partial charge is 0.399 e. The minimum absolute atomic E-state index is 0.499. The van der Waals surface area contributed by atoms with E-state index >= 15 is 0 Å². The molecule has 2 aromatic rings. The van der Waals surface area contributed by atoms with E-state index < -0.39 is 0 Å². The van der Waals surface area contributed by atoms with Gasteiger partial charge in [-0.1, -0.05) is 19.0 Å². The maximum Gasteiger partial charge on any atom is 0.259 e. The van der Waals surface area contributed by atoms with E-state index in [1.165, 1.54) is 0 Å². The summed E-state index contributed by atoms with van der Waals surface area (Å²) in [6.45, 7) is 4.36. The van der Waals surface area contributed by atoms with Gasteiger partial charge < -0.3 is 10.3 Å². The number of hydrogen-bond acceptors (Lipinski definition) is 5. The van der Waals surface area contributed by atoms with E-state index in [1.54, 1.807) is 0 Å². The lowest BCUT2D eigenvalue weighted by Gasteiger charge is -2.04. The monoisotopic (exact) mass is 341 g/mol. The summed E-state index contributed by atoms with van der Waals surface area (Å²) in [6, 6.07) is 5.52. The van der Waals surface area contributed by atoms with Gasteiger partial charge in [0.1, 0.15) is 0 Å². The van der Waals surface area contributed by atoms with Crippen molar-refractivity contribution < 1.29 is 4.52 Å². The van der Waals surface area contributed by atoms with Crippen LogP contribution < -0.4 is 5.73 Å². The van der Waals surface area contributed by atoms with Crippen LogP contribution in [0.1, 0.15) is 26.1 Å². The number of aromatic nitrogens is 2. The van der Waals surface area contributed by atoms with Crippen LogP contribution in [0.2, 0.25) is 0 Å². The van der Waals surface area contributed by atoms with Gasteiger partial charge in [-0.25, -0.2) is 0 Å². The number of halogens is 1. The predicted molar refractivity (Wildman–Crippen MR) is 82.9 cm³/mol. The lowest BCUT2D eigenvalue weighted by atomic mass is 10.2. The smallest absolute Gasteiger partial charge is 0.259 e. The molecular formula is C13H16BrN3OS. The number of rotatable bonds is 5. The van der Waals surface area contributed by atoms with Gasteiger partial charge >= 0.3 is 0 Å². The second-order valence-electron chi connectivity index (χ2n) is 4.28. The zero-order valence-corrected chi connectivity index (χ0v) is 13.3. The van der Waals surface area contributed by atoms with E-state index in [1.807, 2.05) is 30.0 Å². The van der Waals surface area contributed by atoms with Crippen LogP contribution >= 0.6 is 27.7 Å². The topological polar surface area (TPSA) is 64.9 Å². The zero-order valence-electron chi connectivity index (χ0n) is 10.9. The van der Waals surface area contributed by atoms with Crippen molar-refractivity contribution in [1.82, 2.24) is 10.1 Å². The van der Waals surface area contributed by atoms with E-state index in [-0.39, 0.29) is 0 Å². The molecule has 0 radical (unpaired) electrons. The van der Waals surface area contributed by atoms with Crippen LogP contribution in [0.15, 0.2) is 27.2 Å². The molecule has 4 nitrogen and oxygen atoms in total. The molecule has 0 aliphatic rings. The standard InChI is InChI=1S/C13H16BrN3OS/c1-3-8(2)19-7-12-16-13(18-17-12)10-6-9(15)4-5-11(10)14/h4-6,8H,3,7,15H2,1-2H3. The minimum atomic E-state index is 0.499. The number of hydrogen-bond donors (Lipinski definition) is 1. The minimum Gasteiger partial charge on any atom is -0.399 e. The molecule has 0 saturated heterocycles. The zero-order chi connectivity index (χ0) is 13.8. The molecule has 0 amide bonds. The molecule has 0 aliphatic carbocycles. The van der Waals surface area contributed by atoms with E-state index in [0.29, 0.717) is 16.8 Å². The van der Waals surface area contributed by atoms with Crippen LogP contribution in [0, 0.1) is 0 Å². The summed E-state index contributed by atoms with van der Waals surface area (Å²) in [5.41, 5.74) is 7.27. The molecule has 0 fully saturated rings. The molecule has 0 saturated carbocycles. The second-order valence-corrected chi connectivity index (χ2v) is 6.57. The van der Waals surface area contributed by atoms with Crippen LogP contribution in [-0.2, 0) is 5.75 Å². The summed E-state index contributed by atoms with van der Waals surface area (Å²) in [7, 11) is 0. The number of nitrogen functional groups attached to an aromatic ring is 1. The van der Waals surface area contributed by atoms with Gasteiger partial charge in [-0.3, -0.25) is 0 Å². The Hall–Kier alpha value is -1.01. The van der Waals surface area contributed by atoms with Crippen molar-refractivity contribution in [2.45, 2.75) is 31.3 Å². The first-order chi connectivity index (χ1) is 9.10. The molecule has 0 bridgehead atoms. The van der Waals surface area contributed by atoms with Crippen LogP contribution in [-0.4, -0.2) is 15.4 Å². The quantitative estimate of drug-likeness (QED) is 0.829. The third kappa shape index (κ3) is 3.73. The molecule has 0 aliphatic heterocycles. The number of benzene rings is 1. The maximum absolute atomic E-state index is 5.77. The van der Waals surface area contributed by atoms with Gasteiger partial charge in [0.05, 0.1) is 11.3 Å². The Balaban J connectivity index is 2.14. The Morgan fingerprint density at radius 2 is 2.26 bits per heavy atom. The Kier molecular flexibility index (Phi) is 4.87. The Labute approximate surface area is 125 Å². The van der Waals surface area contributed by atoms with Gasteiger partial charge in [0.25, 0.3) is 5.89 Å². The molecule has 19 heavy (non-hydrogen) atoms. The highest BCUT2D eigenvalue weighted by atomic mass is 79.9. The summed E-state index contributed by atoms with van der Waals surface area (Å²) in [5.74, 6) is 1.98. The molecule has 6 heteroatoms. The highest BCUT2D eigenvalue weighted by Crippen LogP contribution is 2.29. The molecule has 0 spiro atoms. The van der Waals surface area contributed by atoms with Gasteiger partial charge in [0, 0.05) is 15.4 Å². The summed E-state index contributed by atoms with van der Waals surface area (Å²) < 4.78 is 6.19. The summed E-state index contributed by atoms with van der Waals surface area (Å²) in [5, 5.41) is 4.60. The van der Waals surface area contributed by atoms with E-state index in [4.69, 9.17) is 10.3 Å². The number of anilines is 1. The number of thioether (sulfide) groups is 1. The molecule has 1 unspecified atom stereocenters. The van der Waals surface area contributed by atoms with Crippen LogP contribution in [0.5, 0.6) is 0 Å². The molecular weight excluding hydrogens is 326 g/mol. The molecule has 1 atom stereocenters. The summed E-state index contributed by atoms with van der Waals surface area (Å²) >= 11 is 5.29. The van der Waals surface area contributed by atoms with Crippen LogP contribution in [0.25, 0.3) is 11.5 Å². The average Bonchev–Trinajstić information content (AvgIpc) is 2.87. The number of nitrogens with zero attached hydrogens (tertiary/aromatic N) is 2. The Morgan fingerprint density at radius 1 is 1.47 bits per heavy atom. The first-order valence-electron chi connectivity index (χ1n) is 6.09. The SMILES string of the molecule is CCC(C)SCc1noc(-c2cc(N)ccc2Br)n1. The van der Waals surface area contributed by atoms with Crippen molar-refractivity contribution in [2.24, 2.45) is 0 Å². The third-order valence-electron chi connectivity index (χ3n) is 2.76. The van der Waals surface area contributed by atoms with Gasteiger partial charge in [-0.05, 0) is 40.5 Å². The molecule has 1 aromatic heterocycles. The summed E-state index contributed by atoms with van der Waals surface area (Å²) in [6.07, 6.45) is 1.14. The van der Waals surface area contributed by atoms with Crippen molar-refractivity contribution in [3.05, 3.63) is 28.5 Å². The molecule has 102 valence electrons. The molecule has 1 heterocycles. The van der Waals surface area contributed by atoms with Crippen LogP contribution in [0.4, 0.5) is 5.69 Å². The highest BCUT2D eigenvalue weighted by molar-refractivity contribution is 9.10. The second kappa shape index (κ2) is 6.43. The third-order valence-corrected chi connectivity index (χ3v) is 4.78. The maximum atomic E-state index is 5.77. The first kappa shape index (κ1) is 14.4. The fourth-order valence-electron chi connectivity index (χ4n) is 1.46. The van der Waals surface area contributed by atoms with Gasteiger partial charge in [-0.2, -0.15) is 16.7 Å². The van der Waals surface area contributed by atoms with Gasteiger partial charge in [0.15, 0.2) is 5.82 Å². The lowest BCUT2D eigenvalue weighted by Crippen LogP contribution is -1.94. The highest BCUT2D eigenvalue weighted by Gasteiger charge is 2.13. The van der Waals surface area contributed by atoms with Crippen molar-refractivity contribution in [3.63, 3.8) is 0 Å². The van der Waals surface area contributed by atoms with Crippen molar-refractivity contribution in [2.75, 3.05) is 5.73 Å². The van der Waals surface area contributed by atoms with Gasteiger partial charge in [-0.15, -0.1) is 0 Å². The molecule has 2 rings (SSSR count). The first-order valence-corrected chi connectivity index (χ1v) is 7.94. The molecule has 2 N–H and O–H groups in total. The number of nitrogens with two attached hydrogens (primary N) is 1. The Morgan fingerprint density at radius 3 is 3.00 bits per heavy atom. The fraction of sp³-hybridized carbons (Fsp3) is 0.385. The van der Waals surface area contributed by atoms with E-state index in [9.17, 15) is 0 Å². The van der Waals surface area contributed by atoms with Gasteiger partial charge in [0.2, 0.25) is 0 Å². The van der Waals surface area contributed by atoms with Crippen molar-refractivity contribution in [1.29, 1.82) is 0 Å². The van der Waals surface area contributed by atoms with Crippen LogP contribution in [0.3, 0.4) is 0 Å². The normalized spacial score (nSPS) is 12.6. The Bertz CT molecular complexity index is 559.